The van der Waals surface area contributed by atoms with Crippen molar-refractivity contribution in [1.29, 1.82) is 0 Å². The smallest absolute Gasteiger partial charge is 0.0702 e. The first kappa shape index (κ1) is 13.4. The highest BCUT2D eigenvalue weighted by Gasteiger charge is 2.26. The predicted molar refractivity (Wildman–Crippen MR) is 75.9 cm³/mol. The lowest BCUT2D eigenvalue weighted by Crippen LogP contribution is -2.53. The van der Waals surface area contributed by atoms with Crippen molar-refractivity contribution < 1.29 is 5.11 Å². The molecule has 1 aromatic rings. The number of anilines is 1. The predicted octanol–water partition coefficient (Wildman–Crippen LogP) is 2.10. The van der Waals surface area contributed by atoms with Crippen molar-refractivity contribution in [3.63, 3.8) is 0 Å². The molecule has 0 atom stereocenters. The number of aliphatic hydroxyl groups excluding tert-OH is 1. The molecule has 18 heavy (non-hydrogen) atoms. The van der Waals surface area contributed by atoms with E-state index in [2.05, 4.69) is 36.6 Å². The Morgan fingerprint density at radius 1 is 1.06 bits per heavy atom. The van der Waals surface area contributed by atoms with Crippen LogP contribution >= 0.6 is 0 Å². The molecule has 3 nitrogen and oxygen atoms in total. The summed E-state index contributed by atoms with van der Waals surface area (Å²) in [7, 11) is 0. The molecule has 0 unspecified atom stereocenters. The van der Waals surface area contributed by atoms with Crippen LogP contribution in [0.25, 0.3) is 0 Å². The van der Waals surface area contributed by atoms with Gasteiger partial charge in [-0.3, -0.25) is 4.90 Å². The molecule has 3 heteroatoms. The van der Waals surface area contributed by atoms with Gasteiger partial charge in [-0.25, -0.2) is 0 Å². The Morgan fingerprint density at radius 2 is 1.67 bits per heavy atom. The highest BCUT2D eigenvalue weighted by molar-refractivity contribution is 5.53. The maximum absolute atomic E-state index is 9.39. The highest BCUT2D eigenvalue weighted by atomic mass is 16.3. The van der Waals surface area contributed by atoms with E-state index in [0.717, 1.165) is 31.7 Å². The molecule has 0 spiro atoms. The Balaban J connectivity index is 2.06. The summed E-state index contributed by atoms with van der Waals surface area (Å²) in [6.07, 6.45) is 0. The monoisotopic (exact) mass is 248 g/mol. The van der Waals surface area contributed by atoms with Crippen LogP contribution in [0.4, 0.5) is 5.69 Å². The molecule has 1 saturated heterocycles. The summed E-state index contributed by atoms with van der Waals surface area (Å²) in [5, 5.41) is 9.39. The van der Waals surface area contributed by atoms with Crippen molar-refractivity contribution in [1.82, 2.24) is 4.90 Å². The Hall–Kier alpha value is -1.06. The third kappa shape index (κ3) is 2.85. The molecule has 1 fully saturated rings. The Kier molecular flexibility index (Phi) is 3.93. The topological polar surface area (TPSA) is 26.7 Å². The second-order valence-electron chi connectivity index (χ2n) is 5.93. The molecule has 1 heterocycles. The first-order chi connectivity index (χ1) is 8.52. The van der Waals surface area contributed by atoms with E-state index in [1.807, 2.05) is 18.2 Å². The lowest BCUT2D eigenvalue weighted by Gasteiger charge is -2.43. The second-order valence-corrected chi connectivity index (χ2v) is 5.93. The van der Waals surface area contributed by atoms with Crippen LogP contribution in [0.15, 0.2) is 24.3 Å². The van der Waals surface area contributed by atoms with Gasteiger partial charge in [-0.2, -0.15) is 0 Å². The van der Waals surface area contributed by atoms with Crippen molar-refractivity contribution in [2.24, 2.45) is 0 Å². The molecule has 1 aliphatic heterocycles. The molecule has 1 aliphatic rings. The van der Waals surface area contributed by atoms with E-state index in [1.165, 1.54) is 5.69 Å². The van der Waals surface area contributed by atoms with Gasteiger partial charge in [0.15, 0.2) is 0 Å². The summed E-state index contributed by atoms with van der Waals surface area (Å²) in [5.41, 5.74) is 2.47. The molecule has 2 rings (SSSR count). The van der Waals surface area contributed by atoms with Crippen molar-refractivity contribution in [3.8, 4) is 0 Å². The molecular formula is C15H24N2O. The van der Waals surface area contributed by atoms with Crippen LogP contribution in [0.2, 0.25) is 0 Å². The third-order valence-electron chi connectivity index (χ3n) is 3.73. The quantitative estimate of drug-likeness (QED) is 0.868. The van der Waals surface area contributed by atoms with Gasteiger partial charge in [-0.15, -0.1) is 0 Å². The zero-order valence-corrected chi connectivity index (χ0v) is 11.7. The Morgan fingerprint density at radius 3 is 2.22 bits per heavy atom. The molecule has 0 bridgehead atoms. The van der Waals surface area contributed by atoms with E-state index < -0.39 is 0 Å². The van der Waals surface area contributed by atoms with Gasteiger partial charge in [0.2, 0.25) is 0 Å². The van der Waals surface area contributed by atoms with E-state index in [-0.39, 0.29) is 12.1 Å². The molecule has 100 valence electrons. The minimum atomic E-state index is 0.121. The first-order valence-electron chi connectivity index (χ1n) is 6.71. The largest absolute Gasteiger partial charge is 0.392 e. The number of para-hydroxylation sites is 1. The lowest BCUT2D eigenvalue weighted by atomic mass is 10.0. The molecule has 0 saturated carbocycles. The van der Waals surface area contributed by atoms with Crippen LogP contribution in [0, 0.1) is 0 Å². The number of piperazine rings is 1. The summed E-state index contributed by atoms with van der Waals surface area (Å²) in [6, 6.07) is 8.15. The van der Waals surface area contributed by atoms with E-state index in [0.29, 0.717) is 0 Å². The minimum absolute atomic E-state index is 0.121. The Bertz CT molecular complexity index is 390. The van der Waals surface area contributed by atoms with Crippen LogP contribution in [-0.2, 0) is 6.61 Å². The Labute approximate surface area is 110 Å². The summed E-state index contributed by atoms with van der Waals surface area (Å²) < 4.78 is 0. The molecule has 1 N–H and O–H groups in total. The number of aliphatic hydroxyl groups is 1. The fraction of sp³-hybridized carbons (Fsp3) is 0.600. The second kappa shape index (κ2) is 5.29. The summed E-state index contributed by atoms with van der Waals surface area (Å²) in [5.74, 6) is 0. The highest BCUT2D eigenvalue weighted by Crippen LogP contribution is 2.24. The zero-order valence-electron chi connectivity index (χ0n) is 11.7. The van der Waals surface area contributed by atoms with Gasteiger partial charge in [-0.1, -0.05) is 18.2 Å². The van der Waals surface area contributed by atoms with Crippen LogP contribution < -0.4 is 4.90 Å². The van der Waals surface area contributed by atoms with Gasteiger partial charge >= 0.3 is 0 Å². The van der Waals surface area contributed by atoms with Crippen molar-refractivity contribution in [2.45, 2.75) is 32.9 Å². The zero-order chi connectivity index (χ0) is 13.2. The lowest BCUT2D eigenvalue weighted by molar-refractivity contribution is 0.128. The normalized spacial score (nSPS) is 18.1. The van der Waals surface area contributed by atoms with Crippen LogP contribution in [0.3, 0.4) is 0 Å². The molecule has 0 amide bonds. The number of hydrogen-bond donors (Lipinski definition) is 1. The molecule has 1 aromatic carbocycles. The van der Waals surface area contributed by atoms with Gasteiger partial charge < -0.3 is 10.0 Å². The van der Waals surface area contributed by atoms with Crippen molar-refractivity contribution >= 4 is 5.69 Å². The van der Waals surface area contributed by atoms with Crippen LogP contribution in [0.5, 0.6) is 0 Å². The molecule has 0 radical (unpaired) electrons. The third-order valence-corrected chi connectivity index (χ3v) is 3.73. The van der Waals surface area contributed by atoms with Gasteiger partial charge in [0.05, 0.1) is 6.61 Å². The fourth-order valence-corrected chi connectivity index (χ4v) is 2.57. The number of benzene rings is 1. The fourth-order valence-electron chi connectivity index (χ4n) is 2.57. The molecular weight excluding hydrogens is 224 g/mol. The maximum Gasteiger partial charge on any atom is 0.0702 e. The average Bonchev–Trinajstić information content (AvgIpc) is 2.38. The number of rotatable bonds is 2. The van der Waals surface area contributed by atoms with E-state index >= 15 is 0 Å². The maximum atomic E-state index is 9.39. The van der Waals surface area contributed by atoms with Gasteiger partial charge in [0.25, 0.3) is 0 Å². The van der Waals surface area contributed by atoms with Gasteiger partial charge in [0, 0.05) is 43.0 Å². The van der Waals surface area contributed by atoms with E-state index in [4.69, 9.17) is 0 Å². The SMILES string of the molecule is CC(C)(C)N1CCN(c2ccccc2CO)CC1. The summed E-state index contributed by atoms with van der Waals surface area (Å²) >= 11 is 0. The summed E-state index contributed by atoms with van der Waals surface area (Å²) in [4.78, 5) is 4.90. The van der Waals surface area contributed by atoms with Crippen molar-refractivity contribution in [3.05, 3.63) is 29.8 Å². The van der Waals surface area contributed by atoms with E-state index in [1.54, 1.807) is 0 Å². The van der Waals surface area contributed by atoms with Gasteiger partial charge in [-0.05, 0) is 26.8 Å². The first-order valence-corrected chi connectivity index (χ1v) is 6.71. The van der Waals surface area contributed by atoms with Crippen molar-refractivity contribution in [2.75, 3.05) is 31.1 Å². The number of nitrogens with zero attached hydrogens (tertiary/aromatic N) is 2. The van der Waals surface area contributed by atoms with Crippen LogP contribution in [-0.4, -0.2) is 41.7 Å². The standard InChI is InChI=1S/C15H24N2O/c1-15(2,3)17-10-8-16(9-11-17)14-7-5-4-6-13(14)12-18/h4-7,18H,8-12H2,1-3H3. The molecule has 0 aromatic heterocycles. The number of hydrogen-bond acceptors (Lipinski definition) is 3. The minimum Gasteiger partial charge on any atom is -0.392 e. The van der Waals surface area contributed by atoms with Gasteiger partial charge in [0.1, 0.15) is 0 Å². The summed E-state index contributed by atoms with van der Waals surface area (Å²) in [6.45, 7) is 11.2. The molecule has 0 aliphatic carbocycles. The average molecular weight is 248 g/mol. The van der Waals surface area contributed by atoms with Crippen LogP contribution in [0.1, 0.15) is 26.3 Å². The van der Waals surface area contributed by atoms with E-state index in [9.17, 15) is 5.11 Å².